The molecule has 2 aliphatic rings. The summed E-state index contributed by atoms with van der Waals surface area (Å²) in [6, 6.07) is 20.3. The number of piperidine rings is 1. The molecule has 0 aliphatic carbocycles. The number of fused-ring (bicyclic) bond motifs is 1. The predicted molar refractivity (Wildman–Crippen MR) is 194 cm³/mol. The molecule has 13 nitrogen and oxygen atoms in total. The summed E-state index contributed by atoms with van der Waals surface area (Å²) in [5, 5.41) is 10.1. The third-order valence-electron chi connectivity index (χ3n) is 9.12. The highest BCUT2D eigenvalue weighted by Crippen LogP contribution is 2.36. The van der Waals surface area contributed by atoms with Crippen molar-refractivity contribution in [2.45, 2.75) is 49.6 Å². The summed E-state index contributed by atoms with van der Waals surface area (Å²) in [6.07, 6.45) is -1.45. The first-order valence-electron chi connectivity index (χ1n) is 17.5. The van der Waals surface area contributed by atoms with E-state index in [4.69, 9.17) is 32.6 Å². The third kappa shape index (κ3) is 10.9. The summed E-state index contributed by atoms with van der Waals surface area (Å²) in [5.74, 6) is 0.436. The van der Waals surface area contributed by atoms with Gasteiger partial charge in [0, 0.05) is 33.3 Å². The molecule has 5 rings (SSSR count). The number of likely N-dealkylation sites (tertiary alicyclic amines) is 1. The number of aryl methyl sites for hydroxylation is 1. The lowest BCUT2D eigenvalue weighted by Gasteiger charge is -2.42. The summed E-state index contributed by atoms with van der Waals surface area (Å²) in [6.45, 7) is 6.21. The van der Waals surface area contributed by atoms with Gasteiger partial charge in [-0.2, -0.15) is 8.42 Å². The van der Waals surface area contributed by atoms with E-state index in [2.05, 4.69) is 11.0 Å². The van der Waals surface area contributed by atoms with Crippen LogP contribution in [-0.4, -0.2) is 117 Å². The minimum Gasteiger partial charge on any atom is -0.490 e. The molecule has 14 heteroatoms. The van der Waals surface area contributed by atoms with E-state index in [1.54, 1.807) is 26.4 Å². The van der Waals surface area contributed by atoms with E-state index in [1.807, 2.05) is 43.3 Å². The fourth-order valence-electron chi connectivity index (χ4n) is 6.40. The molecule has 3 atom stereocenters. The zero-order valence-electron chi connectivity index (χ0n) is 30.1. The van der Waals surface area contributed by atoms with E-state index in [0.717, 1.165) is 53.2 Å². The van der Waals surface area contributed by atoms with E-state index in [-0.39, 0.29) is 43.7 Å². The van der Waals surface area contributed by atoms with Gasteiger partial charge in [0.15, 0.2) is 0 Å². The first-order valence-corrected chi connectivity index (χ1v) is 18.9. The van der Waals surface area contributed by atoms with Crippen LogP contribution < -0.4 is 9.64 Å². The van der Waals surface area contributed by atoms with Crippen LogP contribution in [0.5, 0.6) is 5.75 Å². The van der Waals surface area contributed by atoms with Crippen LogP contribution in [0.2, 0.25) is 0 Å². The fraction of sp³-hybridized carbons (Fsp3) is 0.500. The van der Waals surface area contributed by atoms with Crippen molar-refractivity contribution in [3.63, 3.8) is 0 Å². The molecule has 2 aliphatic heterocycles. The number of hydrogen-bond acceptors (Lipinski definition) is 11. The molecule has 1 saturated heterocycles. The molecule has 2 unspecified atom stereocenters. The molecule has 1 fully saturated rings. The summed E-state index contributed by atoms with van der Waals surface area (Å²) in [7, 11) is -0.682. The lowest BCUT2D eigenvalue weighted by molar-refractivity contribution is -0.0922. The molecule has 0 spiro atoms. The van der Waals surface area contributed by atoms with Crippen LogP contribution in [-0.2, 0) is 51.2 Å². The standard InChI is InChI=1S/C38H50N2O11S/c1-28-5-12-32(13-6-28)52(43,44)51-22-21-49-35-24-40(38(41)42)25-36(37(35)31-10-7-29(8-11-31)26-47-20-19-46-3)50-27-30-9-14-34-33(23-30)39(16-18-48-34)15-4-17-45-2/h5-14,23,35-37H,4,15-22,24-27H2,1-3H3,(H,41,42)/t35?,36-,37?/m0/s1. The summed E-state index contributed by atoms with van der Waals surface area (Å²) < 4.78 is 65.7. The second kappa shape index (κ2) is 19.4. The summed E-state index contributed by atoms with van der Waals surface area (Å²) in [4.78, 5) is 16.0. The van der Waals surface area contributed by atoms with Crippen LogP contribution in [0.25, 0.3) is 0 Å². The molecule has 2 heterocycles. The van der Waals surface area contributed by atoms with Gasteiger partial charge in [0.05, 0.1) is 82.1 Å². The van der Waals surface area contributed by atoms with E-state index in [1.165, 1.54) is 17.0 Å². The molecule has 1 N–H and O–H groups in total. The van der Waals surface area contributed by atoms with Gasteiger partial charge in [0.25, 0.3) is 10.1 Å². The van der Waals surface area contributed by atoms with Crippen molar-refractivity contribution in [3.05, 3.63) is 89.0 Å². The SMILES string of the molecule is COCCCN1CCOc2ccc(CO[C@H]3CN(C(=O)O)CC(OCCOS(=O)(=O)c4ccc(C)cc4)C3c3ccc(COCCOC)cc3)cc21. The molecule has 0 aromatic heterocycles. The quantitative estimate of drug-likeness (QED) is 0.133. The van der Waals surface area contributed by atoms with E-state index >= 15 is 0 Å². The number of carbonyl (C=O) groups is 1. The number of ether oxygens (including phenoxy) is 6. The summed E-state index contributed by atoms with van der Waals surface area (Å²) in [5.41, 5.74) is 4.71. The molecule has 3 aromatic carbocycles. The van der Waals surface area contributed by atoms with Crippen molar-refractivity contribution in [1.82, 2.24) is 4.90 Å². The Labute approximate surface area is 306 Å². The molecule has 0 bridgehead atoms. The number of nitrogens with zero attached hydrogens (tertiary/aromatic N) is 2. The minimum absolute atomic E-state index is 0.0530. The van der Waals surface area contributed by atoms with Gasteiger partial charge in [-0.3, -0.25) is 4.18 Å². The van der Waals surface area contributed by atoms with Crippen LogP contribution in [0.4, 0.5) is 10.5 Å². The number of methoxy groups -OCH3 is 2. The largest absolute Gasteiger partial charge is 0.490 e. The molecular formula is C38H50N2O11S. The van der Waals surface area contributed by atoms with E-state index < -0.39 is 28.4 Å². The van der Waals surface area contributed by atoms with Crippen LogP contribution in [0.1, 0.15) is 34.6 Å². The Morgan fingerprint density at radius 2 is 1.56 bits per heavy atom. The Kier molecular flexibility index (Phi) is 14.7. The van der Waals surface area contributed by atoms with Crippen molar-refractivity contribution in [1.29, 1.82) is 0 Å². The van der Waals surface area contributed by atoms with Gasteiger partial charge >= 0.3 is 6.09 Å². The Morgan fingerprint density at radius 3 is 2.27 bits per heavy atom. The van der Waals surface area contributed by atoms with Gasteiger partial charge in [-0.15, -0.1) is 0 Å². The van der Waals surface area contributed by atoms with Crippen molar-refractivity contribution in [2.75, 3.05) is 84.9 Å². The molecule has 52 heavy (non-hydrogen) atoms. The van der Waals surface area contributed by atoms with E-state index in [0.29, 0.717) is 33.0 Å². The van der Waals surface area contributed by atoms with Crippen LogP contribution in [0.15, 0.2) is 71.6 Å². The molecule has 3 aromatic rings. The first kappa shape index (κ1) is 39.4. The highest BCUT2D eigenvalue weighted by molar-refractivity contribution is 7.86. The second-order valence-corrected chi connectivity index (χ2v) is 14.4. The maximum atomic E-state index is 12.8. The normalized spacial score (nSPS) is 18.9. The van der Waals surface area contributed by atoms with Gasteiger partial charge in [0.2, 0.25) is 0 Å². The molecule has 1 amide bonds. The van der Waals surface area contributed by atoms with Crippen molar-refractivity contribution in [2.24, 2.45) is 0 Å². The van der Waals surface area contributed by atoms with Gasteiger partial charge in [-0.05, 0) is 54.3 Å². The Hall–Kier alpha value is -3.76. The average molecular weight is 743 g/mol. The topological polar surface area (TPSA) is 143 Å². The van der Waals surface area contributed by atoms with Crippen molar-refractivity contribution >= 4 is 21.9 Å². The monoisotopic (exact) mass is 742 g/mol. The fourth-order valence-corrected chi connectivity index (χ4v) is 7.29. The number of anilines is 1. The van der Waals surface area contributed by atoms with Crippen LogP contribution in [0.3, 0.4) is 0 Å². The number of amides is 1. The van der Waals surface area contributed by atoms with Crippen molar-refractivity contribution in [3.8, 4) is 5.75 Å². The van der Waals surface area contributed by atoms with Gasteiger partial charge in [-0.1, -0.05) is 48.0 Å². The molecule has 0 saturated carbocycles. The Morgan fingerprint density at radius 1 is 0.846 bits per heavy atom. The number of rotatable bonds is 19. The molecule has 0 radical (unpaired) electrons. The Balaban J connectivity index is 1.33. The maximum Gasteiger partial charge on any atom is 0.407 e. The lowest BCUT2D eigenvalue weighted by atomic mass is 9.84. The van der Waals surface area contributed by atoms with Crippen LogP contribution in [0, 0.1) is 6.92 Å². The highest BCUT2D eigenvalue weighted by Gasteiger charge is 2.41. The average Bonchev–Trinajstić information content (AvgIpc) is 3.14. The zero-order valence-corrected chi connectivity index (χ0v) is 30.9. The number of hydrogen-bond donors (Lipinski definition) is 1. The number of carboxylic acid groups (broad SMARTS) is 1. The smallest absolute Gasteiger partial charge is 0.407 e. The van der Waals surface area contributed by atoms with Crippen molar-refractivity contribution < 1.29 is 50.9 Å². The lowest BCUT2D eigenvalue weighted by Crippen LogP contribution is -2.54. The molecule has 284 valence electrons. The molecular weight excluding hydrogens is 692 g/mol. The zero-order chi connectivity index (χ0) is 36.9. The van der Waals surface area contributed by atoms with Gasteiger partial charge in [0.1, 0.15) is 12.4 Å². The van der Waals surface area contributed by atoms with Gasteiger partial charge in [-0.25, -0.2) is 4.79 Å². The highest BCUT2D eigenvalue weighted by atomic mass is 32.2. The minimum atomic E-state index is -4.00. The third-order valence-corrected chi connectivity index (χ3v) is 10.5. The van der Waals surface area contributed by atoms with E-state index in [9.17, 15) is 18.3 Å². The second-order valence-electron chi connectivity index (χ2n) is 12.8. The predicted octanol–water partition coefficient (Wildman–Crippen LogP) is 4.85. The Bertz CT molecular complexity index is 1670. The number of benzene rings is 3. The van der Waals surface area contributed by atoms with Crippen LogP contribution >= 0.6 is 0 Å². The summed E-state index contributed by atoms with van der Waals surface area (Å²) >= 11 is 0. The maximum absolute atomic E-state index is 12.8. The van der Waals surface area contributed by atoms with Gasteiger partial charge < -0.3 is 43.3 Å². The first-order chi connectivity index (χ1) is 25.2.